The summed E-state index contributed by atoms with van der Waals surface area (Å²) in [6.45, 7) is 3.69. The molecular formula is C10H14O2. The Balaban J connectivity index is 2.51. The van der Waals surface area contributed by atoms with E-state index in [9.17, 15) is 4.79 Å². The van der Waals surface area contributed by atoms with Crippen LogP contribution in [0, 0.1) is 5.92 Å². The van der Waals surface area contributed by atoms with E-state index in [1.807, 2.05) is 6.08 Å². The second-order valence-electron chi connectivity index (χ2n) is 2.98. The van der Waals surface area contributed by atoms with E-state index in [4.69, 9.17) is 0 Å². The molecule has 2 nitrogen and oxygen atoms in total. The normalized spacial score (nSPS) is 22.8. The largest absolute Gasteiger partial charge is 0.469 e. The van der Waals surface area contributed by atoms with Crippen LogP contribution in [0.2, 0.25) is 0 Å². The van der Waals surface area contributed by atoms with Gasteiger partial charge in [-0.3, -0.25) is 4.79 Å². The molecule has 2 heteroatoms. The highest BCUT2D eigenvalue weighted by Crippen LogP contribution is 2.24. The summed E-state index contributed by atoms with van der Waals surface area (Å²) >= 11 is 0. The van der Waals surface area contributed by atoms with Crippen LogP contribution in [0.4, 0.5) is 0 Å². The average Bonchev–Trinajstić information content (AvgIpc) is 2.17. The Hall–Kier alpha value is -1.05. The number of esters is 1. The molecule has 0 aromatic carbocycles. The predicted molar refractivity (Wildman–Crippen MR) is 47.6 cm³/mol. The van der Waals surface area contributed by atoms with Crippen molar-refractivity contribution in [3.05, 3.63) is 24.3 Å². The average molecular weight is 166 g/mol. The minimum atomic E-state index is -0.0886. The van der Waals surface area contributed by atoms with Crippen LogP contribution in [0.25, 0.3) is 0 Å². The van der Waals surface area contributed by atoms with Gasteiger partial charge in [0.15, 0.2) is 0 Å². The number of hydrogen-bond acceptors (Lipinski definition) is 2. The molecule has 0 amide bonds. The Kier molecular flexibility index (Phi) is 3.09. The Morgan fingerprint density at radius 2 is 2.58 bits per heavy atom. The van der Waals surface area contributed by atoms with Crippen molar-refractivity contribution in [3.8, 4) is 0 Å². The fraction of sp³-hybridized carbons (Fsp3) is 0.500. The summed E-state index contributed by atoms with van der Waals surface area (Å²) in [5.41, 5.74) is 1.25. The molecule has 0 aromatic heterocycles. The number of carbonyl (C=O) groups excluding carboxylic acids is 1. The summed E-state index contributed by atoms with van der Waals surface area (Å²) in [6.07, 6.45) is 6.56. The van der Waals surface area contributed by atoms with Crippen LogP contribution in [0.5, 0.6) is 0 Å². The van der Waals surface area contributed by atoms with Crippen molar-refractivity contribution < 1.29 is 9.53 Å². The number of carbonyl (C=O) groups is 1. The molecule has 0 saturated carbocycles. The van der Waals surface area contributed by atoms with Crippen molar-refractivity contribution >= 4 is 5.97 Å². The van der Waals surface area contributed by atoms with Crippen molar-refractivity contribution in [2.75, 3.05) is 7.11 Å². The highest BCUT2D eigenvalue weighted by Gasteiger charge is 2.20. The Bertz CT molecular complexity index is 216. The maximum Gasteiger partial charge on any atom is 0.308 e. The van der Waals surface area contributed by atoms with Crippen LogP contribution < -0.4 is 0 Å². The topological polar surface area (TPSA) is 26.3 Å². The zero-order valence-electron chi connectivity index (χ0n) is 7.38. The van der Waals surface area contributed by atoms with E-state index in [-0.39, 0.29) is 11.9 Å². The second kappa shape index (κ2) is 4.10. The van der Waals surface area contributed by atoms with E-state index in [0.29, 0.717) is 0 Å². The smallest absolute Gasteiger partial charge is 0.308 e. The maximum absolute atomic E-state index is 11.1. The predicted octanol–water partition coefficient (Wildman–Crippen LogP) is 2.07. The quantitative estimate of drug-likeness (QED) is 0.587. The Morgan fingerprint density at radius 1 is 1.83 bits per heavy atom. The number of rotatable bonds is 2. The molecule has 0 bridgehead atoms. The molecule has 0 radical (unpaired) electrons. The van der Waals surface area contributed by atoms with E-state index < -0.39 is 0 Å². The molecule has 1 aliphatic carbocycles. The maximum atomic E-state index is 11.1. The van der Waals surface area contributed by atoms with Crippen LogP contribution in [-0.2, 0) is 9.53 Å². The highest BCUT2D eigenvalue weighted by atomic mass is 16.5. The van der Waals surface area contributed by atoms with E-state index in [0.717, 1.165) is 19.3 Å². The number of allylic oxidation sites excluding steroid dienone is 3. The van der Waals surface area contributed by atoms with Crippen molar-refractivity contribution in [1.82, 2.24) is 0 Å². The van der Waals surface area contributed by atoms with Gasteiger partial charge in [0.05, 0.1) is 13.0 Å². The number of methoxy groups -OCH3 is 1. The first-order chi connectivity index (χ1) is 5.77. The van der Waals surface area contributed by atoms with E-state index in [1.165, 1.54) is 12.7 Å². The van der Waals surface area contributed by atoms with Gasteiger partial charge < -0.3 is 4.74 Å². The van der Waals surface area contributed by atoms with Crippen molar-refractivity contribution in [2.24, 2.45) is 5.92 Å². The summed E-state index contributed by atoms with van der Waals surface area (Å²) in [4.78, 5) is 11.1. The van der Waals surface area contributed by atoms with Gasteiger partial charge in [-0.15, -0.1) is 0 Å². The molecule has 0 aliphatic heterocycles. The summed E-state index contributed by atoms with van der Waals surface area (Å²) in [7, 11) is 1.44. The molecule has 0 fully saturated rings. The van der Waals surface area contributed by atoms with Crippen LogP contribution in [0.15, 0.2) is 24.3 Å². The van der Waals surface area contributed by atoms with Crippen LogP contribution in [-0.4, -0.2) is 13.1 Å². The molecule has 0 aromatic rings. The first-order valence-electron chi connectivity index (χ1n) is 4.17. The van der Waals surface area contributed by atoms with Gasteiger partial charge in [-0.25, -0.2) is 0 Å². The molecule has 0 spiro atoms. The van der Waals surface area contributed by atoms with E-state index >= 15 is 0 Å². The van der Waals surface area contributed by atoms with Crippen molar-refractivity contribution in [3.63, 3.8) is 0 Å². The molecule has 66 valence electrons. The lowest BCUT2D eigenvalue weighted by atomic mass is 9.90. The minimum Gasteiger partial charge on any atom is -0.469 e. The van der Waals surface area contributed by atoms with Gasteiger partial charge in [0, 0.05) is 0 Å². The summed E-state index contributed by atoms with van der Waals surface area (Å²) in [6, 6.07) is 0. The number of ether oxygens (including phenoxy) is 1. The summed E-state index contributed by atoms with van der Waals surface area (Å²) in [5, 5.41) is 0. The third-order valence-electron chi connectivity index (χ3n) is 2.24. The molecule has 1 unspecified atom stereocenters. The van der Waals surface area contributed by atoms with Crippen LogP contribution in [0.3, 0.4) is 0 Å². The summed E-state index contributed by atoms with van der Waals surface area (Å²) in [5.74, 6) is -0.0203. The van der Waals surface area contributed by atoms with Crippen molar-refractivity contribution in [1.29, 1.82) is 0 Å². The standard InChI is InChI=1S/C10H14O2/c1-3-8-4-6-9(7-5-8)10(11)12-2/h3-4,9H,1,5-7H2,2H3. The molecule has 0 heterocycles. The SMILES string of the molecule is C=CC1=CCC(C(=O)OC)CC1. The fourth-order valence-electron chi connectivity index (χ4n) is 1.42. The lowest BCUT2D eigenvalue weighted by Crippen LogP contribution is -2.17. The van der Waals surface area contributed by atoms with Gasteiger partial charge >= 0.3 is 5.97 Å². The van der Waals surface area contributed by atoms with Gasteiger partial charge in [0.1, 0.15) is 0 Å². The lowest BCUT2D eigenvalue weighted by molar-refractivity contribution is -0.145. The Labute approximate surface area is 72.9 Å². The monoisotopic (exact) mass is 166 g/mol. The van der Waals surface area contributed by atoms with E-state index in [1.54, 1.807) is 0 Å². The zero-order chi connectivity index (χ0) is 8.97. The molecule has 12 heavy (non-hydrogen) atoms. The second-order valence-corrected chi connectivity index (χ2v) is 2.98. The van der Waals surface area contributed by atoms with E-state index in [2.05, 4.69) is 17.4 Å². The molecule has 1 rings (SSSR count). The third-order valence-corrected chi connectivity index (χ3v) is 2.24. The molecular weight excluding hydrogens is 152 g/mol. The number of hydrogen-bond donors (Lipinski definition) is 0. The molecule has 1 atom stereocenters. The lowest BCUT2D eigenvalue weighted by Gasteiger charge is -2.17. The van der Waals surface area contributed by atoms with Gasteiger partial charge in [-0.05, 0) is 19.3 Å². The minimum absolute atomic E-state index is 0.0682. The first-order valence-corrected chi connectivity index (χ1v) is 4.17. The third kappa shape index (κ3) is 1.97. The summed E-state index contributed by atoms with van der Waals surface area (Å²) < 4.78 is 4.66. The van der Waals surface area contributed by atoms with Gasteiger partial charge in [0.2, 0.25) is 0 Å². The fourth-order valence-corrected chi connectivity index (χ4v) is 1.42. The molecule has 0 N–H and O–H groups in total. The van der Waals surface area contributed by atoms with Crippen molar-refractivity contribution in [2.45, 2.75) is 19.3 Å². The first kappa shape index (κ1) is 9.04. The van der Waals surface area contributed by atoms with Gasteiger partial charge in [-0.1, -0.05) is 24.3 Å². The Morgan fingerprint density at radius 3 is 3.00 bits per heavy atom. The van der Waals surface area contributed by atoms with Gasteiger partial charge in [-0.2, -0.15) is 0 Å². The van der Waals surface area contributed by atoms with Gasteiger partial charge in [0.25, 0.3) is 0 Å². The zero-order valence-corrected chi connectivity index (χ0v) is 7.38. The highest BCUT2D eigenvalue weighted by molar-refractivity contribution is 5.72. The molecule has 0 saturated heterocycles. The van der Waals surface area contributed by atoms with Crippen LogP contribution in [0.1, 0.15) is 19.3 Å². The van der Waals surface area contributed by atoms with Crippen LogP contribution >= 0.6 is 0 Å². The molecule has 1 aliphatic rings.